The standard InChI is InChI=1S/C18H17ClN2O2/c1-4-11-8-16(22-2)17(23-3)9-13(11)15-10-14-12(18(19)21-15)6-5-7-20-14/h5-10H,4H2,1-3H3. The lowest BCUT2D eigenvalue weighted by Gasteiger charge is -2.14. The van der Waals surface area contributed by atoms with E-state index in [1.807, 2.05) is 30.3 Å². The molecule has 0 amide bonds. The summed E-state index contributed by atoms with van der Waals surface area (Å²) in [7, 11) is 3.25. The third kappa shape index (κ3) is 2.82. The Morgan fingerprint density at radius 3 is 2.52 bits per heavy atom. The monoisotopic (exact) mass is 328 g/mol. The van der Waals surface area contributed by atoms with Crippen LogP contribution in [0.5, 0.6) is 11.5 Å². The SMILES string of the molecule is CCc1cc(OC)c(OC)cc1-c1cc2ncccc2c(Cl)n1. The maximum atomic E-state index is 6.33. The Hall–Kier alpha value is -2.33. The molecule has 118 valence electrons. The van der Waals surface area contributed by atoms with Gasteiger partial charge in [-0.3, -0.25) is 4.98 Å². The summed E-state index contributed by atoms with van der Waals surface area (Å²) in [5, 5.41) is 1.29. The molecule has 0 unspecified atom stereocenters. The minimum atomic E-state index is 0.447. The van der Waals surface area contributed by atoms with Crippen molar-refractivity contribution in [3.63, 3.8) is 0 Å². The number of benzene rings is 1. The van der Waals surface area contributed by atoms with Crippen LogP contribution >= 0.6 is 11.6 Å². The Morgan fingerprint density at radius 2 is 1.83 bits per heavy atom. The van der Waals surface area contributed by atoms with Gasteiger partial charge < -0.3 is 9.47 Å². The van der Waals surface area contributed by atoms with Gasteiger partial charge in [0.25, 0.3) is 0 Å². The van der Waals surface area contributed by atoms with E-state index in [0.29, 0.717) is 16.7 Å². The number of pyridine rings is 2. The number of halogens is 1. The largest absolute Gasteiger partial charge is 0.493 e. The molecule has 3 rings (SSSR count). The van der Waals surface area contributed by atoms with Gasteiger partial charge in [-0.2, -0.15) is 0 Å². The van der Waals surface area contributed by atoms with Crippen molar-refractivity contribution in [3.8, 4) is 22.8 Å². The van der Waals surface area contributed by atoms with Crippen molar-refractivity contribution < 1.29 is 9.47 Å². The number of ether oxygens (including phenoxy) is 2. The van der Waals surface area contributed by atoms with Crippen LogP contribution in [0.3, 0.4) is 0 Å². The van der Waals surface area contributed by atoms with E-state index in [2.05, 4.69) is 16.9 Å². The number of hydrogen-bond donors (Lipinski definition) is 0. The van der Waals surface area contributed by atoms with Gasteiger partial charge in [-0.1, -0.05) is 18.5 Å². The maximum absolute atomic E-state index is 6.33. The average Bonchev–Trinajstić information content (AvgIpc) is 2.60. The van der Waals surface area contributed by atoms with Gasteiger partial charge in [-0.15, -0.1) is 0 Å². The molecule has 0 fully saturated rings. The summed E-state index contributed by atoms with van der Waals surface area (Å²) in [6, 6.07) is 9.62. The number of fused-ring (bicyclic) bond motifs is 1. The molecule has 5 heteroatoms. The first-order valence-corrected chi connectivity index (χ1v) is 7.72. The van der Waals surface area contributed by atoms with Crippen LogP contribution in [0.2, 0.25) is 5.15 Å². The van der Waals surface area contributed by atoms with Gasteiger partial charge in [0.15, 0.2) is 11.5 Å². The Balaban J connectivity index is 2.25. The molecule has 2 heterocycles. The van der Waals surface area contributed by atoms with E-state index in [1.165, 1.54) is 0 Å². The fraction of sp³-hybridized carbons (Fsp3) is 0.222. The Kier molecular flexibility index (Phi) is 4.35. The molecule has 0 spiro atoms. The molecule has 0 atom stereocenters. The van der Waals surface area contributed by atoms with Crippen LogP contribution in [-0.2, 0) is 6.42 Å². The maximum Gasteiger partial charge on any atom is 0.161 e. The highest BCUT2D eigenvalue weighted by Gasteiger charge is 2.14. The van der Waals surface area contributed by atoms with Crippen LogP contribution in [0.15, 0.2) is 36.5 Å². The molecule has 2 aromatic heterocycles. The van der Waals surface area contributed by atoms with Crippen molar-refractivity contribution in [3.05, 3.63) is 47.2 Å². The summed E-state index contributed by atoms with van der Waals surface area (Å²) in [5.41, 5.74) is 3.68. The topological polar surface area (TPSA) is 44.2 Å². The zero-order chi connectivity index (χ0) is 16.4. The molecule has 0 N–H and O–H groups in total. The zero-order valence-electron chi connectivity index (χ0n) is 13.3. The Bertz CT molecular complexity index is 865. The quantitative estimate of drug-likeness (QED) is 0.660. The summed E-state index contributed by atoms with van der Waals surface area (Å²) in [6.07, 6.45) is 2.59. The molecule has 0 aliphatic heterocycles. The molecule has 0 radical (unpaired) electrons. The van der Waals surface area contributed by atoms with E-state index in [9.17, 15) is 0 Å². The molecule has 0 saturated heterocycles. The molecule has 3 aromatic rings. The molecule has 23 heavy (non-hydrogen) atoms. The van der Waals surface area contributed by atoms with Crippen LogP contribution in [-0.4, -0.2) is 24.2 Å². The fourth-order valence-electron chi connectivity index (χ4n) is 2.62. The minimum Gasteiger partial charge on any atom is -0.493 e. The van der Waals surface area contributed by atoms with E-state index in [-0.39, 0.29) is 0 Å². The van der Waals surface area contributed by atoms with E-state index in [0.717, 1.165) is 34.1 Å². The number of hydrogen-bond acceptors (Lipinski definition) is 4. The third-order valence-electron chi connectivity index (χ3n) is 3.82. The Morgan fingerprint density at radius 1 is 1.09 bits per heavy atom. The highest BCUT2D eigenvalue weighted by molar-refractivity contribution is 6.34. The average molecular weight is 329 g/mol. The van der Waals surface area contributed by atoms with Crippen LogP contribution in [0, 0.1) is 0 Å². The molecule has 0 aliphatic carbocycles. The van der Waals surface area contributed by atoms with Crippen molar-refractivity contribution in [2.75, 3.05) is 14.2 Å². The van der Waals surface area contributed by atoms with Crippen molar-refractivity contribution in [2.24, 2.45) is 0 Å². The number of methoxy groups -OCH3 is 2. The second-order valence-electron chi connectivity index (χ2n) is 5.09. The molecule has 1 aromatic carbocycles. The molecule has 0 saturated carbocycles. The smallest absolute Gasteiger partial charge is 0.161 e. The molecular formula is C18H17ClN2O2. The first-order chi connectivity index (χ1) is 11.2. The van der Waals surface area contributed by atoms with Crippen molar-refractivity contribution in [1.82, 2.24) is 9.97 Å². The minimum absolute atomic E-state index is 0.447. The first-order valence-electron chi connectivity index (χ1n) is 7.34. The number of aromatic nitrogens is 2. The highest BCUT2D eigenvalue weighted by Crippen LogP contribution is 2.36. The van der Waals surface area contributed by atoms with Gasteiger partial charge in [-0.25, -0.2) is 4.98 Å². The van der Waals surface area contributed by atoms with Gasteiger partial charge in [-0.05, 0) is 42.3 Å². The van der Waals surface area contributed by atoms with Gasteiger partial charge in [0.2, 0.25) is 0 Å². The van der Waals surface area contributed by atoms with Gasteiger partial charge in [0, 0.05) is 17.1 Å². The lowest BCUT2D eigenvalue weighted by molar-refractivity contribution is 0.354. The van der Waals surface area contributed by atoms with Crippen LogP contribution in [0.1, 0.15) is 12.5 Å². The first kappa shape index (κ1) is 15.6. The normalized spacial score (nSPS) is 10.8. The van der Waals surface area contributed by atoms with E-state index in [4.69, 9.17) is 21.1 Å². The van der Waals surface area contributed by atoms with Crippen LogP contribution in [0.4, 0.5) is 0 Å². The van der Waals surface area contributed by atoms with Gasteiger partial charge in [0.05, 0.1) is 25.4 Å². The molecule has 0 bridgehead atoms. The molecule has 4 nitrogen and oxygen atoms in total. The summed E-state index contributed by atoms with van der Waals surface area (Å²) in [5.74, 6) is 1.37. The van der Waals surface area contributed by atoms with Crippen LogP contribution < -0.4 is 9.47 Å². The van der Waals surface area contributed by atoms with Crippen LogP contribution in [0.25, 0.3) is 22.2 Å². The Labute approximate surface area is 140 Å². The van der Waals surface area contributed by atoms with E-state index >= 15 is 0 Å². The number of rotatable bonds is 4. The van der Waals surface area contributed by atoms with Crippen molar-refractivity contribution in [1.29, 1.82) is 0 Å². The van der Waals surface area contributed by atoms with Crippen molar-refractivity contribution >= 4 is 22.5 Å². The predicted octanol–water partition coefficient (Wildman–Crippen LogP) is 4.53. The second kappa shape index (κ2) is 6.42. The summed E-state index contributed by atoms with van der Waals surface area (Å²) in [6.45, 7) is 2.09. The summed E-state index contributed by atoms with van der Waals surface area (Å²) >= 11 is 6.33. The summed E-state index contributed by atoms with van der Waals surface area (Å²) in [4.78, 5) is 8.92. The van der Waals surface area contributed by atoms with Crippen molar-refractivity contribution in [2.45, 2.75) is 13.3 Å². The predicted molar refractivity (Wildman–Crippen MR) is 92.5 cm³/mol. The van der Waals surface area contributed by atoms with Gasteiger partial charge >= 0.3 is 0 Å². The lowest BCUT2D eigenvalue weighted by atomic mass is 10.00. The summed E-state index contributed by atoms with van der Waals surface area (Å²) < 4.78 is 10.8. The number of nitrogens with zero attached hydrogens (tertiary/aromatic N) is 2. The zero-order valence-corrected chi connectivity index (χ0v) is 14.0. The van der Waals surface area contributed by atoms with Gasteiger partial charge in [0.1, 0.15) is 5.15 Å². The fourth-order valence-corrected chi connectivity index (χ4v) is 2.88. The van der Waals surface area contributed by atoms with E-state index in [1.54, 1.807) is 20.4 Å². The third-order valence-corrected chi connectivity index (χ3v) is 4.11. The highest BCUT2D eigenvalue weighted by atomic mass is 35.5. The molecule has 0 aliphatic rings. The lowest BCUT2D eigenvalue weighted by Crippen LogP contribution is -1.97. The number of aryl methyl sites for hydroxylation is 1. The molecular weight excluding hydrogens is 312 g/mol. The second-order valence-corrected chi connectivity index (χ2v) is 5.44. The van der Waals surface area contributed by atoms with E-state index < -0.39 is 0 Å².